The first-order chi connectivity index (χ1) is 12.5. The van der Waals surface area contributed by atoms with E-state index in [4.69, 9.17) is 9.47 Å². The predicted molar refractivity (Wildman–Crippen MR) is 96.6 cm³/mol. The number of benzene rings is 1. The highest BCUT2D eigenvalue weighted by molar-refractivity contribution is 5.90. The molecule has 0 amide bonds. The molecule has 1 aromatic heterocycles. The van der Waals surface area contributed by atoms with Gasteiger partial charge in [0, 0.05) is 29.9 Å². The molecule has 2 fully saturated rings. The summed E-state index contributed by atoms with van der Waals surface area (Å²) in [5.74, 6) is 1.54. The molecule has 0 spiro atoms. The molecule has 0 bridgehead atoms. The van der Waals surface area contributed by atoms with E-state index >= 15 is 0 Å². The summed E-state index contributed by atoms with van der Waals surface area (Å²) in [5.41, 5.74) is 1.30. The third kappa shape index (κ3) is 2.82. The number of fused-ring (bicyclic) bond motifs is 1. The van der Waals surface area contributed by atoms with Gasteiger partial charge in [-0.25, -0.2) is 9.78 Å². The lowest BCUT2D eigenvalue weighted by atomic mass is 9.57. The molecule has 2 heterocycles. The van der Waals surface area contributed by atoms with Crippen LogP contribution < -0.4 is 0 Å². The lowest BCUT2D eigenvalue weighted by Gasteiger charge is -2.58. The monoisotopic (exact) mass is 355 g/mol. The van der Waals surface area contributed by atoms with Crippen molar-refractivity contribution in [3.05, 3.63) is 35.7 Å². The molecule has 1 saturated heterocycles. The fraction of sp³-hybridized carbons (Fsp3) is 0.550. The summed E-state index contributed by atoms with van der Waals surface area (Å²) in [6.07, 6.45) is 3.03. The molecule has 138 valence electrons. The van der Waals surface area contributed by atoms with Crippen LogP contribution in [0, 0.1) is 11.3 Å². The van der Waals surface area contributed by atoms with Crippen molar-refractivity contribution in [2.45, 2.75) is 52.2 Å². The van der Waals surface area contributed by atoms with Gasteiger partial charge in [0.2, 0.25) is 0 Å². The number of hydrogen-bond acceptors (Lipinski definition) is 5. The van der Waals surface area contributed by atoms with Gasteiger partial charge in [-0.2, -0.15) is 5.10 Å². The Morgan fingerprint density at radius 2 is 2.12 bits per heavy atom. The molecule has 6 nitrogen and oxygen atoms in total. The quantitative estimate of drug-likeness (QED) is 0.851. The fourth-order valence-electron chi connectivity index (χ4n) is 4.24. The lowest BCUT2D eigenvalue weighted by Crippen LogP contribution is -2.65. The molecule has 0 radical (unpaired) electrons. The van der Waals surface area contributed by atoms with Crippen LogP contribution in [0.15, 0.2) is 24.3 Å². The zero-order chi connectivity index (χ0) is 18.3. The van der Waals surface area contributed by atoms with E-state index in [-0.39, 0.29) is 23.6 Å². The van der Waals surface area contributed by atoms with Gasteiger partial charge in [-0.1, -0.05) is 32.9 Å². The molecular formula is C20H25N3O3. The third-order valence-electron chi connectivity index (χ3n) is 5.70. The Kier molecular flexibility index (Phi) is 4.31. The minimum absolute atomic E-state index is 0.0832. The van der Waals surface area contributed by atoms with Crippen LogP contribution in [0.3, 0.4) is 0 Å². The summed E-state index contributed by atoms with van der Waals surface area (Å²) in [4.78, 5) is 17.0. The molecule has 26 heavy (non-hydrogen) atoms. The van der Waals surface area contributed by atoms with Gasteiger partial charge in [0.05, 0.1) is 11.7 Å². The van der Waals surface area contributed by atoms with Gasteiger partial charge in [0.1, 0.15) is 11.9 Å². The van der Waals surface area contributed by atoms with Gasteiger partial charge in [-0.05, 0) is 25.0 Å². The van der Waals surface area contributed by atoms with Crippen LogP contribution in [0.25, 0.3) is 11.4 Å². The zero-order valence-corrected chi connectivity index (χ0v) is 15.5. The predicted octanol–water partition coefficient (Wildman–Crippen LogP) is 3.39. The normalized spacial score (nSPS) is 26.7. The number of aryl methyl sites for hydroxylation is 1. The Morgan fingerprint density at radius 1 is 1.35 bits per heavy atom. The number of rotatable bonds is 4. The van der Waals surface area contributed by atoms with Crippen LogP contribution in [0.1, 0.15) is 49.8 Å². The van der Waals surface area contributed by atoms with Gasteiger partial charge in [-0.15, -0.1) is 0 Å². The van der Waals surface area contributed by atoms with Crippen molar-refractivity contribution in [1.29, 1.82) is 0 Å². The molecule has 3 atom stereocenters. The average Bonchev–Trinajstić information content (AvgIpc) is 3.15. The van der Waals surface area contributed by atoms with Crippen molar-refractivity contribution in [3.8, 4) is 11.4 Å². The topological polar surface area (TPSA) is 77.1 Å². The number of aromatic amines is 1. The summed E-state index contributed by atoms with van der Waals surface area (Å²) in [7, 11) is 0. The number of nitrogens with one attached hydrogen (secondary N) is 1. The molecule has 2 aliphatic rings. The van der Waals surface area contributed by atoms with Gasteiger partial charge >= 0.3 is 5.97 Å². The van der Waals surface area contributed by atoms with Gasteiger partial charge in [0.25, 0.3) is 0 Å². The molecule has 6 heteroatoms. The molecule has 4 rings (SSSR count). The summed E-state index contributed by atoms with van der Waals surface area (Å²) in [6.45, 7) is 7.07. The van der Waals surface area contributed by atoms with Gasteiger partial charge < -0.3 is 9.47 Å². The second kappa shape index (κ2) is 6.50. The van der Waals surface area contributed by atoms with Crippen molar-refractivity contribution >= 4 is 5.97 Å². The van der Waals surface area contributed by atoms with E-state index < -0.39 is 0 Å². The van der Waals surface area contributed by atoms with Crippen molar-refractivity contribution < 1.29 is 14.3 Å². The Balaban J connectivity index is 1.45. The number of nitrogens with zero attached hydrogens (tertiary/aromatic N) is 2. The molecular weight excluding hydrogens is 330 g/mol. The molecule has 1 aromatic carbocycles. The molecule has 1 saturated carbocycles. The van der Waals surface area contributed by atoms with E-state index in [2.05, 4.69) is 29.0 Å². The van der Waals surface area contributed by atoms with Crippen LogP contribution in [-0.4, -0.2) is 40.0 Å². The number of carbonyl (C=O) groups is 1. The van der Waals surface area contributed by atoms with Gasteiger partial charge in [-0.3, -0.25) is 5.10 Å². The summed E-state index contributed by atoms with van der Waals surface area (Å²) in [5, 5.41) is 7.10. The van der Waals surface area contributed by atoms with E-state index in [1.807, 2.05) is 19.1 Å². The average molecular weight is 355 g/mol. The van der Waals surface area contributed by atoms with E-state index in [1.165, 1.54) is 0 Å². The first-order valence-corrected chi connectivity index (χ1v) is 9.35. The molecule has 2 aromatic rings. The largest absolute Gasteiger partial charge is 0.458 e. The minimum atomic E-state index is -0.275. The van der Waals surface area contributed by atoms with Crippen LogP contribution in [0.5, 0.6) is 0 Å². The highest BCUT2D eigenvalue weighted by Crippen LogP contribution is 2.53. The fourth-order valence-corrected chi connectivity index (χ4v) is 4.24. The van der Waals surface area contributed by atoms with Crippen LogP contribution >= 0.6 is 0 Å². The molecule has 1 aliphatic heterocycles. The zero-order valence-electron chi connectivity index (χ0n) is 15.5. The summed E-state index contributed by atoms with van der Waals surface area (Å²) in [6, 6.07) is 7.27. The van der Waals surface area contributed by atoms with E-state index in [0.29, 0.717) is 17.3 Å². The van der Waals surface area contributed by atoms with Crippen LogP contribution in [0.2, 0.25) is 0 Å². The van der Waals surface area contributed by atoms with E-state index in [9.17, 15) is 4.79 Å². The number of esters is 1. The van der Waals surface area contributed by atoms with Crippen molar-refractivity contribution in [2.24, 2.45) is 11.3 Å². The number of aromatic nitrogens is 3. The third-order valence-corrected chi connectivity index (χ3v) is 5.70. The second-order valence-electron chi connectivity index (χ2n) is 7.78. The minimum Gasteiger partial charge on any atom is -0.458 e. The Hall–Kier alpha value is -2.21. The number of ether oxygens (including phenoxy) is 2. The smallest absolute Gasteiger partial charge is 0.338 e. The maximum atomic E-state index is 12.6. The van der Waals surface area contributed by atoms with E-state index in [1.54, 1.807) is 12.1 Å². The van der Waals surface area contributed by atoms with Crippen molar-refractivity contribution in [1.82, 2.24) is 15.2 Å². The van der Waals surface area contributed by atoms with E-state index in [0.717, 1.165) is 37.3 Å². The number of carbonyl (C=O) groups excluding carboxylic acids is 1. The SMILES string of the molecule is CCc1nc(-c2ccc(C(=O)O[C@@H]3[C@H]4CCCO[C@@H]4C3(C)C)cc2)n[nH]1. The summed E-state index contributed by atoms with van der Waals surface area (Å²) >= 11 is 0. The Bertz CT molecular complexity index is 797. The summed E-state index contributed by atoms with van der Waals surface area (Å²) < 4.78 is 11.7. The number of H-pyrrole nitrogens is 1. The maximum Gasteiger partial charge on any atom is 0.338 e. The highest BCUT2D eigenvalue weighted by Gasteiger charge is 2.60. The van der Waals surface area contributed by atoms with Gasteiger partial charge in [0.15, 0.2) is 5.82 Å². The van der Waals surface area contributed by atoms with Crippen LogP contribution in [-0.2, 0) is 15.9 Å². The Labute approximate surface area is 153 Å². The molecule has 1 N–H and O–H groups in total. The van der Waals surface area contributed by atoms with Crippen molar-refractivity contribution in [2.75, 3.05) is 6.61 Å². The Morgan fingerprint density at radius 3 is 2.81 bits per heavy atom. The second-order valence-corrected chi connectivity index (χ2v) is 7.78. The van der Waals surface area contributed by atoms with Crippen molar-refractivity contribution in [3.63, 3.8) is 0 Å². The molecule has 0 unspecified atom stereocenters. The lowest BCUT2D eigenvalue weighted by molar-refractivity contribution is -0.243. The first kappa shape index (κ1) is 17.2. The first-order valence-electron chi connectivity index (χ1n) is 9.35. The standard InChI is InChI=1S/C20H25N3O3/c1-4-15-21-18(23-22-15)12-7-9-13(10-8-12)19(24)26-17-14-6-5-11-25-16(14)20(17,2)3/h7-10,14,16-17H,4-6,11H2,1-3H3,(H,21,22,23)/t14-,16-,17+/m0/s1. The van der Waals surface area contributed by atoms with Crippen LogP contribution in [0.4, 0.5) is 0 Å². The number of hydrogen-bond donors (Lipinski definition) is 1. The molecule has 1 aliphatic carbocycles. The highest BCUT2D eigenvalue weighted by atomic mass is 16.6. The maximum absolute atomic E-state index is 12.6.